The third-order valence-corrected chi connectivity index (χ3v) is 3.84. The van der Waals surface area contributed by atoms with Gasteiger partial charge in [0.2, 0.25) is 5.91 Å². The van der Waals surface area contributed by atoms with E-state index in [4.69, 9.17) is 4.74 Å². The summed E-state index contributed by atoms with van der Waals surface area (Å²) in [6.07, 6.45) is 5.92. The van der Waals surface area contributed by atoms with Gasteiger partial charge in [0, 0.05) is 26.7 Å². The van der Waals surface area contributed by atoms with Gasteiger partial charge in [-0.1, -0.05) is 19.3 Å². The SMILES string of the molecule is CN=C(NCC(=O)NC1CCCCC1)NCC(C)(C)OC.I. The maximum atomic E-state index is 11.9. The van der Waals surface area contributed by atoms with Gasteiger partial charge in [0.05, 0.1) is 12.1 Å². The molecule has 130 valence electrons. The Hall–Kier alpha value is -0.570. The maximum Gasteiger partial charge on any atom is 0.239 e. The number of rotatable bonds is 6. The molecule has 1 aliphatic rings. The zero-order valence-corrected chi connectivity index (χ0v) is 16.5. The van der Waals surface area contributed by atoms with E-state index < -0.39 is 0 Å². The highest BCUT2D eigenvalue weighted by Crippen LogP contribution is 2.17. The van der Waals surface area contributed by atoms with Crippen LogP contribution in [0.25, 0.3) is 0 Å². The number of halogens is 1. The van der Waals surface area contributed by atoms with Crippen molar-refractivity contribution in [1.29, 1.82) is 0 Å². The molecule has 1 fully saturated rings. The Morgan fingerprint density at radius 3 is 2.41 bits per heavy atom. The number of amides is 1. The van der Waals surface area contributed by atoms with Crippen molar-refractivity contribution in [3.8, 4) is 0 Å². The van der Waals surface area contributed by atoms with Crippen LogP contribution in [0, 0.1) is 0 Å². The van der Waals surface area contributed by atoms with E-state index in [2.05, 4.69) is 20.9 Å². The standard InChI is InChI=1S/C15H30N4O2.HI/c1-15(2,21-4)11-18-14(16-3)17-10-13(20)19-12-8-6-5-7-9-12;/h12H,5-11H2,1-4H3,(H,19,20)(H2,16,17,18);1H. The van der Waals surface area contributed by atoms with Gasteiger partial charge in [-0.25, -0.2) is 0 Å². The number of aliphatic imine (C=N–C) groups is 1. The molecule has 1 amide bonds. The monoisotopic (exact) mass is 426 g/mol. The van der Waals surface area contributed by atoms with Crippen LogP contribution in [0.15, 0.2) is 4.99 Å². The number of nitrogens with zero attached hydrogens (tertiary/aromatic N) is 1. The van der Waals surface area contributed by atoms with Crippen LogP contribution in [0.2, 0.25) is 0 Å². The van der Waals surface area contributed by atoms with Gasteiger partial charge in [-0.3, -0.25) is 9.79 Å². The summed E-state index contributed by atoms with van der Waals surface area (Å²) in [6.45, 7) is 4.84. The molecule has 0 unspecified atom stereocenters. The van der Waals surface area contributed by atoms with Crippen LogP contribution in [-0.4, -0.2) is 50.8 Å². The molecule has 0 heterocycles. The number of ether oxygens (including phenoxy) is 1. The Balaban J connectivity index is 0.00000441. The average Bonchev–Trinajstić information content (AvgIpc) is 2.48. The molecular formula is C15H31IN4O2. The van der Waals surface area contributed by atoms with E-state index in [0.717, 1.165) is 12.8 Å². The summed E-state index contributed by atoms with van der Waals surface area (Å²) in [6, 6.07) is 0.343. The van der Waals surface area contributed by atoms with Gasteiger partial charge in [-0.05, 0) is 26.7 Å². The Bertz CT molecular complexity index is 355. The van der Waals surface area contributed by atoms with E-state index >= 15 is 0 Å². The highest BCUT2D eigenvalue weighted by atomic mass is 127. The lowest BCUT2D eigenvalue weighted by molar-refractivity contribution is -0.120. The van der Waals surface area contributed by atoms with Gasteiger partial charge in [0.15, 0.2) is 5.96 Å². The van der Waals surface area contributed by atoms with Crippen molar-refractivity contribution in [2.45, 2.75) is 57.6 Å². The summed E-state index contributed by atoms with van der Waals surface area (Å²) in [5.41, 5.74) is -0.276. The molecular weight excluding hydrogens is 395 g/mol. The molecule has 22 heavy (non-hydrogen) atoms. The second-order valence-corrected chi connectivity index (χ2v) is 6.15. The molecule has 6 nitrogen and oxygen atoms in total. The molecule has 1 saturated carbocycles. The first-order valence-corrected chi connectivity index (χ1v) is 7.76. The van der Waals surface area contributed by atoms with Gasteiger partial charge in [0.1, 0.15) is 0 Å². The summed E-state index contributed by atoms with van der Waals surface area (Å²) in [4.78, 5) is 16.0. The number of carbonyl (C=O) groups excluding carboxylic acids is 1. The van der Waals surface area contributed by atoms with Crippen LogP contribution in [0.1, 0.15) is 46.0 Å². The number of hydrogen-bond acceptors (Lipinski definition) is 3. The molecule has 0 aromatic carbocycles. The van der Waals surface area contributed by atoms with E-state index in [1.54, 1.807) is 14.2 Å². The van der Waals surface area contributed by atoms with Gasteiger partial charge < -0.3 is 20.7 Å². The lowest BCUT2D eigenvalue weighted by atomic mass is 9.95. The van der Waals surface area contributed by atoms with E-state index in [1.165, 1.54) is 19.3 Å². The Morgan fingerprint density at radius 1 is 1.23 bits per heavy atom. The van der Waals surface area contributed by atoms with Crippen LogP contribution >= 0.6 is 24.0 Å². The normalized spacial score (nSPS) is 16.6. The number of hydrogen-bond donors (Lipinski definition) is 3. The highest BCUT2D eigenvalue weighted by molar-refractivity contribution is 14.0. The van der Waals surface area contributed by atoms with Crippen molar-refractivity contribution in [3.05, 3.63) is 0 Å². The van der Waals surface area contributed by atoms with Crippen LogP contribution in [0.4, 0.5) is 0 Å². The van der Waals surface area contributed by atoms with Gasteiger partial charge in [-0.2, -0.15) is 0 Å². The number of nitrogens with one attached hydrogen (secondary N) is 3. The highest BCUT2D eigenvalue weighted by Gasteiger charge is 2.18. The quantitative estimate of drug-likeness (QED) is 0.343. The van der Waals surface area contributed by atoms with Crippen molar-refractivity contribution in [2.24, 2.45) is 4.99 Å². The smallest absolute Gasteiger partial charge is 0.239 e. The van der Waals surface area contributed by atoms with E-state index in [-0.39, 0.29) is 42.0 Å². The predicted octanol–water partition coefficient (Wildman–Crippen LogP) is 1.64. The molecule has 0 saturated heterocycles. The first-order valence-electron chi connectivity index (χ1n) is 7.76. The molecule has 0 spiro atoms. The fraction of sp³-hybridized carbons (Fsp3) is 0.867. The Kier molecular flexibility index (Phi) is 10.8. The first kappa shape index (κ1) is 21.4. The van der Waals surface area contributed by atoms with Crippen molar-refractivity contribution >= 4 is 35.8 Å². The third kappa shape index (κ3) is 8.77. The minimum atomic E-state index is -0.276. The largest absolute Gasteiger partial charge is 0.377 e. The Morgan fingerprint density at radius 2 is 1.86 bits per heavy atom. The summed E-state index contributed by atoms with van der Waals surface area (Å²) >= 11 is 0. The van der Waals surface area contributed by atoms with Crippen LogP contribution < -0.4 is 16.0 Å². The second kappa shape index (κ2) is 11.0. The average molecular weight is 426 g/mol. The van der Waals surface area contributed by atoms with Crippen LogP contribution in [0.5, 0.6) is 0 Å². The molecule has 1 rings (SSSR count). The molecule has 1 aliphatic carbocycles. The van der Waals surface area contributed by atoms with Crippen LogP contribution in [0.3, 0.4) is 0 Å². The van der Waals surface area contributed by atoms with E-state index in [0.29, 0.717) is 18.5 Å². The first-order chi connectivity index (χ1) is 9.96. The lowest BCUT2D eigenvalue weighted by Gasteiger charge is -2.25. The molecule has 0 aromatic heterocycles. The fourth-order valence-corrected chi connectivity index (χ4v) is 2.28. The summed E-state index contributed by atoms with van der Waals surface area (Å²) in [5.74, 6) is 0.634. The third-order valence-electron chi connectivity index (χ3n) is 3.84. The van der Waals surface area contributed by atoms with E-state index in [9.17, 15) is 4.79 Å². The molecule has 0 atom stereocenters. The van der Waals surface area contributed by atoms with Gasteiger partial charge in [0.25, 0.3) is 0 Å². The zero-order valence-electron chi connectivity index (χ0n) is 14.2. The number of methoxy groups -OCH3 is 1. The molecule has 0 aromatic rings. The summed E-state index contributed by atoms with van der Waals surface area (Å²) in [5, 5.41) is 9.25. The predicted molar refractivity (Wildman–Crippen MR) is 101 cm³/mol. The minimum Gasteiger partial charge on any atom is -0.377 e. The second-order valence-electron chi connectivity index (χ2n) is 6.15. The zero-order chi connectivity index (χ0) is 15.7. The number of guanidine groups is 1. The van der Waals surface area contributed by atoms with Crippen molar-refractivity contribution in [1.82, 2.24) is 16.0 Å². The van der Waals surface area contributed by atoms with E-state index in [1.807, 2.05) is 13.8 Å². The molecule has 7 heteroatoms. The van der Waals surface area contributed by atoms with Gasteiger partial charge >= 0.3 is 0 Å². The van der Waals surface area contributed by atoms with Crippen molar-refractivity contribution in [2.75, 3.05) is 27.2 Å². The minimum absolute atomic E-state index is 0. The van der Waals surface area contributed by atoms with Gasteiger partial charge in [-0.15, -0.1) is 24.0 Å². The van der Waals surface area contributed by atoms with Crippen LogP contribution in [-0.2, 0) is 9.53 Å². The fourth-order valence-electron chi connectivity index (χ4n) is 2.28. The van der Waals surface area contributed by atoms with Crippen molar-refractivity contribution < 1.29 is 9.53 Å². The molecule has 0 bridgehead atoms. The molecule has 3 N–H and O–H groups in total. The summed E-state index contributed by atoms with van der Waals surface area (Å²) < 4.78 is 5.33. The molecule has 0 radical (unpaired) electrons. The number of carbonyl (C=O) groups is 1. The molecule has 0 aliphatic heterocycles. The topological polar surface area (TPSA) is 74.8 Å². The lowest BCUT2D eigenvalue weighted by Crippen LogP contribution is -2.49. The maximum absolute atomic E-state index is 11.9. The summed E-state index contributed by atoms with van der Waals surface area (Å²) in [7, 11) is 3.36. The van der Waals surface area contributed by atoms with Crippen molar-refractivity contribution in [3.63, 3.8) is 0 Å². The Labute approximate surface area is 151 Å².